The summed E-state index contributed by atoms with van der Waals surface area (Å²) < 4.78 is 80.4. The van der Waals surface area contributed by atoms with Gasteiger partial charge in [-0.3, -0.25) is 68.0 Å². The quantitative estimate of drug-likeness (QED) is 0.0119. The molecule has 0 saturated heterocycles. The van der Waals surface area contributed by atoms with E-state index in [1.807, 2.05) is 13.1 Å². The molecule has 0 unspecified atom stereocenters. The second kappa shape index (κ2) is 24.0. The first-order valence-corrected chi connectivity index (χ1v) is 31.7. The van der Waals surface area contributed by atoms with Crippen molar-refractivity contribution in [2.24, 2.45) is 0 Å². The van der Waals surface area contributed by atoms with Crippen LogP contribution in [-0.2, 0) is 62.9 Å². The monoisotopic (exact) mass is 1230 g/mol. The molecule has 5 aromatic carbocycles. The molecule has 28 nitrogen and oxygen atoms in total. The van der Waals surface area contributed by atoms with Crippen LogP contribution in [0, 0.1) is 20.2 Å². The molecule has 0 radical (unpaired) electrons. The number of nitro groups is 2. The van der Waals surface area contributed by atoms with Gasteiger partial charge >= 0.3 is 18.2 Å². The standard InChI is InChI=1S/C54H51N7O21S2Si/c1-57(52(68)80-29-34-24-32(8-15-42(34)60(70)71)49(65)55-19-22-83(74,75)76)36-10-13-39-45(27-36)85(3,4)46-28-37(58(2)53(69)81-30-35-25-33(9-16-43(35)61(72)73)50(66)56-20-23-84(77,78)79)11-14-40(46)54(39)41-26-31(7-12-38(41)51(67)82-54)44(62)6-5-21-59-47(63)17-18-48(59)64/h7-18,24-28H,5-6,19-23,29-30H2,1-4H3,(H,55,65)(H,56,66)(H,74,75,76)(H,77,78,79). The van der Waals surface area contributed by atoms with Crippen LogP contribution in [-0.4, -0.2) is 142 Å². The van der Waals surface area contributed by atoms with Crippen molar-refractivity contribution in [2.75, 3.05) is 55.0 Å². The van der Waals surface area contributed by atoms with Crippen LogP contribution in [0.1, 0.15) is 82.1 Å². The van der Waals surface area contributed by atoms with Crippen LogP contribution in [0.15, 0.2) is 103 Å². The smallest absolute Gasteiger partial charge is 0.414 e. The fourth-order valence-electron chi connectivity index (χ4n) is 9.97. The Morgan fingerprint density at radius 3 is 1.53 bits per heavy atom. The number of carbonyl (C=O) groups excluding carboxylic acids is 8. The Bertz CT molecular complexity index is 3780. The highest BCUT2D eigenvalue weighted by Crippen LogP contribution is 2.50. The number of carbonyl (C=O) groups is 8. The fraction of sp³-hybridized carbons (Fsp3) is 0.259. The highest BCUT2D eigenvalue weighted by molar-refractivity contribution is 7.86. The lowest BCUT2D eigenvalue weighted by Gasteiger charge is -2.44. The number of nitrogens with zero attached hydrogens (tertiary/aromatic N) is 5. The number of fused-ring (bicyclic) bond motifs is 6. The zero-order valence-corrected chi connectivity index (χ0v) is 48.0. The van der Waals surface area contributed by atoms with Gasteiger partial charge in [0, 0.05) is 109 Å². The summed E-state index contributed by atoms with van der Waals surface area (Å²) in [7, 11) is -9.39. The number of nitrogens with one attached hydrogen (secondary N) is 2. The van der Waals surface area contributed by atoms with E-state index >= 15 is 0 Å². The van der Waals surface area contributed by atoms with Gasteiger partial charge in [-0.1, -0.05) is 31.3 Å². The van der Waals surface area contributed by atoms with Crippen molar-refractivity contribution in [2.45, 2.75) is 44.8 Å². The first-order chi connectivity index (χ1) is 39.9. The molecule has 1 spiro atoms. The van der Waals surface area contributed by atoms with E-state index in [1.54, 1.807) is 24.3 Å². The summed E-state index contributed by atoms with van der Waals surface area (Å²) >= 11 is 0. The number of benzene rings is 5. The summed E-state index contributed by atoms with van der Waals surface area (Å²) in [5.41, 5.74) is -1.83. The highest BCUT2D eigenvalue weighted by atomic mass is 32.2. The van der Waals surface area contributed by atoms with Crippen molar-refractivity contribution in [3.63, 3.8) is 0 Å². The van der Waals surface area contributed by atoms with E-state index in [0.717, 1.165) is 63.2 Å². The first kappa shape index (κ1) is 61.5. The van der Waals surface area contributed by atoms with E-state index in [2.05, 4.69) is 10.6 Å². The van der Waals surface area contributed by atoms with Gasteiger partial charge in [-0.2, -0.15) is 16.8 Å². The number of esters is 1. The predicted octanol–water partition coefficient (Wildman–Crippen LogP) is 3.77. The van der Waals surface area contributed by atoms with Crippen molar-refractivity contribution in [1.29, 1.82) is 0 Å². The van der Waals surface area contributed by atoms with Crippen LogP contribution in [0.2, 0.25) is 13.1 Å². The molecule has 6 amide bonds. The number of ketones is 1. The van der Waals surface area contributed by atoms with Gasteiger partial charge in [0.1, 0.15) is 21.3 Å². The molecule has 0 atom stereocenters. The number of anilines is 2. The van der Waals surface area contributed by atoms with Gasteiger partial charge in [-0.05, 0) is 77.5 Å². The van der Waals surface area contributed by atoms with Gasteiger partial charge in [0.05, 0.1) is 38.0 Å². The third kappa shape index (κ3) is 13.0. The summed E-state index contributed by atoms with van der Waals surface area (Å²) in [6.45, 7) is 1.40. The Labute approximate surface area is 484 Å². The number of imide groups is 1. The van der Waals surface area contributed by atoms with Crippen LogP contribution in [0.25, 0.3) is 0 Å². The lowest BCUT2D eigenvalue weighted by Crippen LogP contribution is -2.63. The van der Waals surface area contributed by atoms with Crippen molar-refractivity contribution < 1.29 is 88.4 Å². The Kier molecular flexibility index (Phi) is 17.3. The molecule has 3 aliphatic heterocycles. The van der Waals surface area contributed by atoms with E-state index in [4.69, 9.17) is 23.3 Å². The van der Waals surface area contributed by atoms with Crippen molar-refractivity contribution in [3.8, 4) is 0 Å². The molecule has 0 aromatic heterocycles. The summed E-state index contributed by atoms with van der Waals surface area (Å²) in [6, 6.07) is 20.4. The van der Waals surface area contributed by atoms with Crippen molar-refractivity contribution >= 4 is 109 Å². The lowest BCUT2D eigenvalue weighted by molar-refractivity contribution is -0.386. The molecule has 3 aliphatic rings. The maximum absolute atomic E-state index is 14.2. The third-order valence-electron chi connectivity index (χ3n) is 14.4. The fourth-order valence-corrected chi connectivity index (χ4v) is 13.9. The molecule has 0 aliphatic carbocycles. The average molecular weight is 1230 g/mol. The molecule has 31 heteroatoms. The number of nitro benzene ring substituents is 2. The number of amides is 6. The summed E-state index contributed by atoms with van der Waals surface area (Å²) in [6.07, 6.45) is 0.202. The van der Waals surface area contributed by atoms with Crippen LogP contribution in [0.3, 0.4) is 0 Å². The molecule has 8 rings (SSSR count). The van der Waals surface area contributed by atoms with Gasteiger partial charge in [0.2, 0.25) is 0 Å². The van der Waals surface area contributed by atoms with Crippen LogP contribution in [0.5, 0.6) is 0 Å². The molecule has 444 valence electrons. The summed E-state index contributed by atoms with van der Waals surface area (Å²) in [5, 5.41) is 29.7. The lowest BCUT2D eigenvalue weighted by atomic mass is 9.78. The van der Waals surface area contributed by atoms with Gasteiger partial charge in [-0.15, -0.1) is 0 Å². The maximum Gasteiger partial charge on any atom is 0.414 e. The number of ether oxygens (including phenoxy) is 3. The zero-order valence-electron chi connectivity index (χ0n) is 45.4. The van der Waals surface area contributed by atoms with E-state index < -0.39 is 141 Å². The van der Waals surface area contributed by atoms with Crippen LogP contribution in [0.4, 0.5) is 32.3 Å². The minimum absolute atomic E-state index is 0.0340. The molecule has 85 heavy (non-hydrogen) atoms. The van der Waals surface area contributed by atoms with Gasteiger partial charge < -0.3 is 24.8 Å². The van der Waals surface area contributed by atoms with Crippen molar-refractivity contribution in [1.82, 2.24) is 15.5 Å². The zero-order chi connectivity index (χ0) is 62.1. The largest absolute Gasteiger partial charge is 0.444 e. The van der Waals surface area contributed by atoms with E-state index in [9.17, 15) is 75.4 Å². The highest BCUT2D eigenvalue weighted by Gasteiger charge is 2.56. The summed E-state index contributed by atoms with van der Waals surface area (Å²) in [4.78, 5) is 132. The second-order valence-corrected chi connectivity index (χ2v) is 27.6. The minimum Gasteiger partial charge on any atom is -0.444 e. The minimum atomic E-state index is -4.43. The molecular weight excluding hydrogens is 1170 g/mol. The van der Waals surface area contributed by atoms with Crippen molar-refractivity contribution in [3.05, 3.63) is 173 Å². The topological polar surface area (TPSA) is 393 Å². The number of hydrogen-bond acceptors (Lipinski definition) is 19. The molecule has 4 N–H and O–H groups in total. The summed E-state index contributed by atoms with van der Waals surface area (Å²) in [5.74, 6) is -5.51. The van der Waals surface area contributed by atoms with Gasteiger partial charge in [-0.25, -0.2) is 14.4 Å². The molecular formula is C54H51N7O21S2Si. The van der Waals surface area contributed by atoms with Gasteiger partial charge in [0.25, 0.3) is 55.2 Å². The van der Waals surface area contributed by atoms with E-state index in [1.165, 1.54) is 44.4 Å². The number of hydrogen-bond donors (Lipinski definition) is 4. The first-order valence-electron chi connectivity index (χ1n) is 25.5. The Balaban J connectivity index is 1.13. The average Bonchev–Trinajstić information content (AvgIpc) is 2.07. The molecule has 0 fully saturated rings. The van der Waals surface area contributed by atoms with Crippen LogP contribution >= 0.6 is 0 Å². The predicted molar refractivity (Wildman–Crippen MR) is 302 cm³/mol. The van der Waals surface area contributed by atoms with Crippen LogP contribution < -0.4 is 30.8 Å². The number of Topliss-reactive ketones (excluding diaryl/α,β-unsaturated/α-hetero) is 1. The third-order valence-corrected chi connectivity index (χ3v) is 19.3. The number of rotatable bonds is 21. The molecule has 0 bridgehead atoms. The molecule has 5 aromatic rings. The normalized spacial score (nSPS) is 14.4. The Hall–Kier alpha value is -9.56. The van der Waals surface area contributed by atoms with E-state index in [-0.39, 0.29) is 69.7 Å². The second-order valence-electron chi connectivity index (χ2n) is 20.1. The maximum atomic E-state index is 14.2. The SMILES string of the molecule is CN(C(=O)OCc1cc(C(=O)NCCS(=O)(=O)O)ccc1[N+](=O)[O-])c1ccc2c(c1)[Si](C)(C)c1cc(N(C)C(=O)OCc3cc(C(=O)NCCS(=O)(=O)O)ccc3[N+](=O)[O-])ccc1C21OC(=O)c2ccc(C(=O)CCCN3C(=O)C=CC3=O)cc21. The Morgan fingerprint density at radius 1 is 0.647 bits per heavy atom. The van der Waals surface area contributed by atoms with E-state index in [0.29, 0.717) is 21.5 Å². The molecule has 0 saturated carbocycles. The Morgan fingerprint density at radius 2 is 1.09 bits per heavy atom. The molecule has 3 heterocycles. The van der Waals surface area contributed by atoms with Gasteiger partial charge in [0.15, 0.2) is 11.4 Å².